The van der Waals surface area contributed by atoms with Gasteiger partial charge in [-0.25, -0.2) is 4.79 Å². The number of likely N-dealkylation sites (tertiary alicyclic amines) is 1. The Morgan fingerprint density at radius 1 is 1.00 bits per heavy atom. The first kappa shape index (κ1) is 43.8. The van der Waals surface area contributed by atoms with Gasteiger partial charge in [-0.3, -0.25) is 19.7 Å². The van der Waals surface area contributed by atoms with Gasteiger partial charge in [0, 0.05) is 82.2 Å². The number of rotatable bonds is 18. The fourth-order valence-corrected chi connectivity index (χ4v) is 7.98. The van der Waals surface area contributed by atoms with Gasteiger partial charge in [-0.2, -0.15) is 0 Å². The zero-order valence-electron chi connectivity index (χ0n) is 34.6. The maximum atomic E-state index is 12.9. The van der Waals surface area contributed by atoms with Crippen LogP contribution in [-0.2, 0) is 14.3 Å². The van der Waals surface area contributed by atoms with E-state index >= 15 is 0 Å². The Labute approximate surface area is 351 Å². The van der Waals surface area contributed by atoms with E-state index in [0.717, 1.165) is 37.1 Å². The van der Waals surface area contributed by atoms with Gasteiger partial charge in [0.2, 0.25) is 17.4 Å². The van der Waals surface area contributed by atoms with Gasteiger partial charge in [-0.05, 0) is 74.3 Å². The quantitative estimate of drug-likeness (QED) is 0.0633. The number of aromatic amines is 1. The topological polar surface area (TPSA) is 176 Å². The molecule has 1 fully saturated rings. The number of allylic oxidation sites excluding steroid dienone is 3. The summed E-state index contributed by atoms with van der Waals surface area (Å²) in [5, 5.41) is 31.0. The van der Waals surface area contributed by atoms with Crippen LogP contribution in [0.15, 0.2) is 107 Å². The van der Waals surface area contributed by atoms with Gasteiger partial charge in [0.15, 0.2) is 0 Å². The summed E-state index contributed by atoms with van der Waals surface area (Å²) in [5.74, 6) is 0.0925. The normalized spacial score (nSPS) is 16.8. The first-order valence-corrected chi connectivity index (χ1v) is 21.0. The molecule has 1 aliphatic heterocycles. The number of hydrogen-bond acceptors (Lipinski definition) is 9. The molecule has 13 heteroatoms. The number of pyridine rings is 1. The summed E-state index contributed by atoms with van der Waals surface area (Å²) in [5.41, 5.74) is 4.47. The van der Waals surface area contributed by atoms with Crippen molar-refractivity contribution in [2.45, 2.75) is 70.1 Å². The first-order valence-electron chi connectivity index (χ1n) is 21.0. The third-order valence-corrected chi connectivity index (χ3v) is 11.3. The van der Waals surface area contributed by atoms with Crippen molar-refractivity contribution in [1.29, 1.82) is 0 Å². The van der Waals surface area contributed by atoms with Crippen molar-refractivity contribution in [3.8, 4) is 16.9 Å². The minimum atomic E-state index is -0.843. The number of aliphatic hydroxyl groups excluding tert-OH is 1. The molecule has 2 aliphatic rings. The van der Waals surface area contributed by atoms with Crippen LogP contribution in [-0.4, -0.2) is 101 Å². The number of anilines is 1. The van der Waals surface area contributed by atoms with E-state index in [2.05, 4.69) is 44.9 Å². The highest BCUT2D eigenvalue weighted by atomic mass is 16.6. The number of carbonyl (C=O) groups is 3. The molecule has 6 N–H and O–H groups in total. The van der Waals surface area contributed by atoms with E-state index in [9.17, 15) is 29.4 Å². The van der Waals surface area contributed by atoms with Gasteiger partial charge >= 0.3 is 6.09 Å². The average Bonchev–Trinajstić information content (AvgIpc) is 3.24. The Morgan fingerprint density at radius 2 is 1.77 bits per heavy atom. The summed E-state index contributed by atoms with van der Waals surface area (Å²) < 4.78 is 5.76. The molecule has 0 spiro atoms. The summed E-state index contributed by atoms with van der Waals surface area (Å²) in [6.45, 7) is 5.53. The molecular formula is C47H58N6O7. The zero-order chi connectivity index (χ0) is 42.4. The molecule has 3 amide bonds. The van der Waals surface area contributed by atoms with E-state index in [1.54, 1.807) is 24.1 Å². The van der Waals surface area contributed by atoms with E-state index < -0.39 is 12.2 Å². The molecule has 3 aromatic carbocycles. The summed E-state index contributed by atoms with van der Waals surface area (Å²) in [6, 6.07) is 23.8. The molecule has 3 atom stereocenters. The zero-order valence-corrected chi connectivity index (χ0v) is 34.6. The molecule has 1 unspecified atom stereocenters. The second kappa shape index (κ2) is 21.5. The minimum Gasteiger partial charge on any atom is -0.506 e. The largest absolute Gasteiger partial charge is 0.506 e. The van der Waals surface area contributed by atoms with E-state index in [-0.39, 0.29) is 41.2 Å². The number of aliphatic hydroxyl groups is 1. The number of carbonyl (C=O) groups excluding carboxylic acids is 3. The van der Waals surface area contributed by atoms with Crippen LogP contribution in [0.4, 0.5) is 10.5 Å². The molecule has 1 aromatic heterocycles. The van der Waals surface area contributed by atoms with Crippen molar-refractivity contribution in [2.24, 2.45) is 5.92 Å². The predicted molar refractivity (Wildman–Crippen MR) is 235 cm³/mol. The minimum absolute atomic E-state index is 0.0153. The van der Waals surface area contributed by atoms with Crippen LogP contribution in [0.25, 0.3) is 22.0 Å². The van der Waals surface area contributed by atoms with Crippen LogP contribution in [0, 0.1) is 5.92 Å². The number of aromatic nitrogens is 1. The highest BCUT2D eigenvalue weighted by Crippen LogP contribution is 2.30. The molecule has 4 aromatic rings. The van der Waals surface area contributed by atoms with Crippen LogP contribution in [0.3, 0.4) is 0 Å². The Hall–Kier alpha value is -5.76. The number of amides is 3. The number of H-pyrrole nitrogens is 1. The smallest absolute Gasteiger partial charge is 0.411 e. The number of phenolic OH excluding ortho intramolecular Hbond substituents is 1. The SMILES string of the molecule is C[C@@H](CC1=CC=CC(CC(=O)NCCCN(C)C(=O)CCN2CCC(OC(=O)Nc3ccccc3-c3ccccc3)CC2)C1)NC[C@H](O)c1ccc(O)c2[nH]c(=O)ccc12. The second-order valence-corrected chi connectivity index (χ2v) is 15.9. The Balaban J connectivity index is 0.812. The molecule has 6 rings (SSSR count). The maximum Gasteiger partial charge on any atom is 0.411 e. The molecule has 60 heavy (non-hydrogen) atoms. The number of phenols is 1. The lowest BCUT2D eigenvalue weighted by Crippen LogP contribution is -2.40. The Morgan fingerprint density at radius 3 is 2.57 bits per heavy atom. The number of piperidine rings is 1. The lowest BCUT2D eigenvalue weighted by Gasteiger charge is -2.31. The van der Waals surface area contributed by atoms with E-state index in [4.69, 9.17) is 4.74 Å². The number of hydrogen-bond donors (Lipinski definition) is 6. The number of nitrogens with one attached hydrogen (secondary N) is 4. The molecule has 0 saturated carbocycles. The van der Waals surface area contributed by atoms with Crippen LogP contribution in [0.5, 0.6) is 5.75 Å². The van der Waals surface area contributed by atoms with Gasteiger partial charge in [-0.1, -0.05) is 78.4 Å². The molecule has 0 radical (unpaired) electrons. The number of fused-ring (bicyclic) bond motifs is 1. The van der Waals surface area contributed by atoms with E-state index in [1.807, 2.05) is 60.7 Å². The van der Waals surface area contributed by atoms with E-state index in [0.29, 0.717) is 80.4 Å². The number of para-hydroxylation sites is 1. The van der Waals surface area contributed by atoms with E-state index in [1.165, 1.54) is 17.7 Å². The van der Waals surface area contributed by atoms with Crippen molar-refractivity contribution in [2.75, 3.05) is 51.6 Å². The van der Waals surface area contributed by atoms with Crippen LogP contribution >= 0.6 is 0 Å². The summed E-state index contributed by atoms with van der Waals surface area (Å²) in [4.78, 5) is 56.8. The summed E-state index contributed by atoms with van der Waals surface area (Å²) in [6.07, 6.45) is 9.08. The summed E-state index contributed by atoms with van der Waals surface area (Å²) >= 11 is 0. The third-order valence-electron chi connectivity index (χ3n) is 11.3. The number of aromatic hydroxyl groups is 1. The van der Waals surface area contributed by atoms with Crippen molar-refractivity contribution in [3.05, 3.63) is 119 Å². The highest BCUT2D eigenvalue weighted by Gasteiger charge is 2.24. The monoisotopic (exact) mass is 818 g/mol. The second-order valence-electron chi connectivity index (χ2n) is 15.9. The molecule has 1 aliphatic carbocycles. The number of nitrogens with zero attached hydrogens (tertiary/aromatic N) is 2. The first-order chi connectivity index (χ1) is 29.0. The Bertz CT molecular complexity index is 2200. The van der Waals surface area contributed by atoms with Gasteiger partial charge in [0.05, 0.1) is 17.3 Å². The summed E-state index contributed by atoms with van der Waals surface area (Å²) in [7, 11) is 1.80. The van der Waals surface area contributed by atoms with Crippen LogP contribution in [0.1, 0.15) is 63.5 Å². The third kappa shape index (κ3) is 12.6. The fraction of sp³-hybridized carbons (Fsp3) is 0.404. The van der Waals surface area contributed by atoms with Crippen molar-refractivity contribution in [3.63, 3.8) is 0 Å². The van der Waals surface area contributed by atoms with Gasteiger partial charge in [0.1, 0.15) is 11.9 Å². The van der Waals surface area contributed by atoms with Crippen molar-refractivity contribution in [1.82, 2.24) is 25.4 Å². The lowest BCUT2D eigenvalue weighted by molar-refractivity contribution is -0.130. The molecule has 0 bridgehead atoms. The molecule has 2 heterocycles. The lowest BCUT2D eigenvalue weighted by atomic mass is 9.88. The van der Waals surface area contributed by atoms with Gasteiger partial charge < -0.3 is 40.4 Å². The van der Waals surface area contributed by atoms with Crippen molar-refractivity contribution >= 4 is 34.5 Å². The standard InChI is InChI=1S/C47H58N6O7/c1-32(49-31-42(55)38-16-18-41(54)46-39(38)17-19-43(56)51-46)28-33-10-8-11-34(29-33)30-44(57)48-23-9-24-52(2)45(58)22-27-53-25-20-36(21-26-53)60-47(59)50-40-15-7-6-14-37(40)35-12-4-3-5-13-35/h3-8,10-19,32,34,36,42,49,54-55H,9,20-31H2,1-2H3,(H,48,57)(H,50,59)(H,51,56)/t32-,34?,42-/m0/s1. The molecule has 1 saturated heterocycles. The van der Waals surface area contributed by atoms with Crippen molar-refractivity contribution < 1.29 is 29.3 Å². The average molecular weight is 819 g/mol. The fourth-order valence-electron chi connectivity index (χ4n) is 7.98. The molecular weight excluding hydrogens is 761 g/mol. The molecule has 13 nitrogen and oxygen atoms in total. The highest BCUT2D eigenvalue weighted by molar-refractivity contribution is 5.91. The Kier molecular flexibility index (Phi) is 15.7. The molecule has 318 valence electrons. The maximum absolute atomic E-state index is 12.9. The number of ether oxygens (including phenoxy) is 1. The number of benzene rings is 3. The predicted octanol–water partition coefficient (Wildman–Crippen LogP) is 6.26. The van der Waals surface area contributed by atoms with Gasteiger partial charge in [-0.15, -0.1) is 0 Å². The van der Waals surface area contributed by atoms with Gasteiger partial charge in [0.25, 0.3) is 0 Å². The van der Waals surface area contributed by atoms with Crippen LogP contribution < -0.4 is 21.5 Å². The van der Waals surface area contributed by atoms with Crippen LogP contribution in [0.2, 0.25) is 0 Å².